The van der Waals surface area contributed by atoms with Crippen molar-refractivity contribution in [3.05, 3.63) is 5.21 Å². The molecule has 0 aliphatic carbocycles. The SMILES string of the molecule is C[N+](C)(C)[O-].O.O.O. The molecule has 0 radical (unpaired) electrons. The van der Waals surface area contributed by atoms with Crippen LogP contribution in [0.2, 0.25) is 0 Å². The van der Waals surface area contributed by atoms with E-state index in [0.29, 0.717) is 0 Å². The van der Waals surface area contributed by atoms with Crippen molar-refractivity contribution in [3.8, 4) is 0 Å². The van der Waals surface area contributed by atoms with Gasteiger partial charge in [-0.15, -0.1) is 0 Å². The van der Waals surface area contributed by atoms with Crippen LogP contribution in [-0.4, -0.2) is 42.2 Å². The maximum Gasteiger partial charge on any atom is 0.0674 e. The number of hydrogen-bond acceptors (Lipinski definition) is 1. The number of rotatable bonds is 0. The molecule has 0 saturated heterocycles. The Hall–Kier alpha value is -0.200. The smallest absolute Gasteiger partial charge is 0.0674 e. The van der Waals surface area contributed by atoms with Crippen molar-refractivity contribution in [1.29, 1.82) is 0 Å². The van der Waals surface area contributed by atoms with E-state index in [1.165, 1.54) is 0 Å². The summed E-state index contributed by atoms with van der Waals surface area (Å²) in [5, 5.41) is 10.0. The molecule has 0 aromatic carbocycles. The first-order valence-corrected chi connectivity index (χ1v) is 1.52. The van der Waals surface area contributed by atoms with Crippen LogP contribution in [0, 0.1) is 5.21 Å². The second kappa shape index (κ2) is 6.80. The van der Waals surface area contributed by atoms with E-state index in [0.717, 1.165) is 0 Å². The third-order valence-electron chi connectivity index (χ3n) is 0. The second-order valence-corrected chi connectivity index (χ2v) is 1.89. The highest BCUT2D eigenvalue weighted by Gasteiger charge is 1.79. The molecule has 0 amide bonds. The van der Waals surface area contributed by atoms with Gasteiger partial charge in [-0.25, -0.2) is 0 Å². The van der Waals surface area contributed by atoms with Crippen LogP contribution in [0.1, 0.15) is 0 Å². The van der Waals surface area contributed by atoms with E-state index in [2.05, 4.69) is 0 Å². The standard InChI is InChI=1S/C3H9NO.3H2O/c1-4(2,3)5;;;/h1-3H3;3*1H2. The third kappa shape index (κ3) is 3340. The Morgan fingerprint density at radius 3 is 0.875 bits per heavy atom. The summed E-state index contributed by atoms with van der Waals surface area (Å²) < 4.78 is -0.250. The largest absolute Gasteiger partial charge is 0.633 e. The fourth-order valence-corrected chi connectivity index (χ4v) is 0. The summed E-state index contributed by atoms with van der Waals surface area (Å²) in [5.74, 6) is 0. The summed E-state index contributed by atoms with van der Waals surface area (Å²) in [7, 11) is 4.71. The molecule has 5 heteroatoms. The zero-order chi connectivity index (χ0) is 4.50. The molecule has 0 aromatic rings. The Balaban J connectivity index is -0.0000000267. The molecule has 0 rings (SSSR count). The molecule has 0 bridgehead atoms. The Bertz CT molecular complexity index is 26.8. The predicted molar refractivity (Wildman–Crippen MR) is 32.2 cm³/mol. The Labute approximate surface area is 48.6 Å². The fraction of sp³-hybridized carbons (Fsp3) is 1.00. The first-order chi connectivity index (χ1) is 2.00. The van der Waals surface area contributed by atoms with Crippen LogP contribution in [-0.2, 0) is 0 Å². The molecule has 0 heterocycles. The first-order valence-electron chi connectivity index (χ1n) is 1.52. The van der Waals surface area contributed by atoms with Crippen molar-refractivity contribution in [1.82, 2.24) is 0 Å². The van der Waals surface area contributed by atoms with Crippen molar-refractivity contribution < 1.29 is 21.1 Å². The topological polar surface area (TPSA) is 118 Å². The lowest BCUT2D eigenvalue weighted by atomic mass is 11.0. The van der Waals surface area contributed by atoms with Crippen LogP contribution in [0.4, 0.5) is 0 Å². The lowest BCUT2D eigenvalue weighted by Crippen LogP contribution is -2.25. The average Bonchev–Trinajstić information content (AvgIpc) is 0.722. The molecule has 0 saturated carbocycles. The van der Waals surface area contributed by atoms with E-state index in [1.54, 1.807) is 21.1 Å². The molecule has 0 atom stereocenters. The maximum atomic E-state index is 10.0. The van der Waals surface area contributed by atoms with Crippen LogP contribution in [0.3, 0.4) is 0 Å². The van der Waals surface area contributed by atoms with Gasteiger partial charge in [0.15, 0.2) is 0 Å². The van der Waals surface area contributed by atoms with Crippen molar-refractivity contribution in [2.45, 2.75) is 0 Å². The van der Waals surface area contributed by atoms with Gasteiger partial charge in [-0.05, 0) is 0 Å². The van der Waals surface area contributed by atoms with Gasteiger partial charge in [0.25, 0.3) is 0 Å². The summed E-state index contributed by atoms with van der Waals surface area (Å²) in [4.78, 5) is 0. The lowest BCUT2D eigenvalue weighted by Gasteiger charge is -2.27. The minimum absolute atomic E-state index is 0. The van der Waals surface area contributed by atoms with Crippen LogP contribution in [0.15, 0.2) is 0 Å². The molecule has 5 nitrogen and oxygen atoms in total. The number of hydrogen-bond donors (Lipinski definition) is 0. The number of hydroxylamine groups is 3. The molecule has 0 aromatic heterocycles. The van der Waals surface area contributed by atoms with E-state index in [1.807, 2.05) is 0 Å². The number of nitrogens with zero attached hydrogens (tertiary/aromatic N) is 1. The zero-order valence-corrected chi connectivity index (χ0v) is 5.36. The fourth-order valence-electron chi connectivity index (χ4n) is 0. The first kappa shape index (κ1) is 25.0. The van der Waals surface area contributed by atoms with Gasteiger partial charge >= 0.3 is 0 Å². The van der Waals surface area contributed by atoms with Gasteiger partial charge in [-0.2, -0.15) is 0 Å². The quantitative estimate of drug-likeness (QED) is 0.265. The highest BCUT2D eigenvalue weighted by atomic mass is 16.5. The molecule has 0 aliphatic rings. The predicted octanol–water partition coefficient (Wildman–Crippen LogP) is -2.28. The van der Waals surface area contributed by atoms with Crippen LogP contribution < -0.4 is 0 Å². The maximum absolute atomic E-state index is 10.0. The Kier molecular flexibility index (Phi) is 21.2. The van der Waals surface area contributed by atoms with Crippen LogP contribution >= 0.6 is 0 Å². The van der Waals surface area contributed by atoms with Crippen LogP contribution in [0.5, 0.6) is 0 Å². The minimum atomic E-state index is -0.250. The van der Waals surface area contributed by atoms with Crippen LogP contribution in [0.25, 0.3) is 0 Å². The highest BCUT2D eigenvalue weighted by Crippen LogP contribution is 1.77. The van der Waals surface area contributed by atoms with E-state index in [4.69, 9.17) is 0 Å². The molecule has 8 heavy (non-hydrogen) atoms. The lowest BCUT2D eigenvalue weighted by molar-refractivity contribution is -0.818. The van der Waals surface area contributed by atoms with Gasteiger partial charge in [0.05, 0.1) is 21.1 Å². The van der Waals surface area contributed by atoms with E-state index in [9.17, 15) is 5.21 Å². The van der Waals surface area contributed by atoms with E-state index < -0.39 is 0 Å². The second-order valence-electron chi connectivity index (χ2n) is 1.89. The molecule has 6 N–H and O–H groups in total. The summed E-state index contributed by atoms with van der Waals surface area (Å²) in [5.41, 5.74) is 0. The van der Waals surface area contributed by atoms with Gasteiger partial charge in [0, 0.05) is 0 Å². The van der Waals surface area contributed by atoms with Crippen molar-refractivity contribution in [2.75, 3.05) is 21.1 Å². The zero-order valence-electron chi connectivity index (χ0n) is 5.36. The van der Waals surface area contributed by atoms with Gasteiger partial charge in [-0.1, -0.05) is 0 Å². The monoisotopic (exact) mass is 129 g/mol. The van der Waals surface area contributed by atoms with Gasteiger partial charge in [-0.3, -0.25) is 0 Å². The minimum Gasteiger partial charge on any atom is -0.633 e. The molecule has 0 unspecified atom stereocenters. The summed E-state index contributed by atoms with van der Waals surface area (Å²) >= 11 is 0. The highest BCUT2D eigenvalue weighted by molar-refractivity contribution is 4.05. The Morgan fingerprint density at radius 2 is 0.875 bits per heavy atom. The summed E-state index contributed by atoms with van der Waals surface area (Å²) in [6.45, 7) is 0. The van der Waals surface area contributed by atoms with Crippen molar-refractivity contribution in [3.63, 3.8) is 0 Å². The Morgan fingerprint density at radius 1 is 0.875 bits per heavy atom. The molecular formula is C3H15NO4. The molecule has 56 valence electrons. The summed E-state index contributed by atoms with van der Waals surface area (Å²) in [6.07, 6.45) is 0. The summed E-state index contributed by atoms with van der Waals surface area (Å²) in [6, 6.07) is 0. The molecule has 0 spiro atoms. The van der Waals surface area contributed by atoms with Gasteiger partial charge in [0.2, 0.25) is 0 Å². The van der Waals surface area contributed by atoms with Gasteiger partial charge in [0.1, 0.15) is 0 Å². The average molecular weight is 129 g/mol. The van der Waals surface area contributed by atoms with Gasteiger partial charge < -0.3 is 26.3 Å². The third-order valence-corrected chi connectivity index (χ3v) is 0. The molecule has 0 aliphatic heterocycles. The normalized spacial score (nSPS) is 7.50. The molecular weight excluding hydrogens is 114 g/mol. The van der Waals surface area contributed by atoms with E-state index >= 15 is 0 Å². The number of quaternary nitrogens is 1. The van der Waals surface area contributed by atoms with E-state index in [-0.39, 0.29) is 21.1 Å². The van der Waals surface area contributed by atoms with Crippen molar-refractivity contribution in [2.24, 2.45) is 0 Å². The van der Waals surface area contributed by atoms with Crippen molar-refractivity contribution >= 4 is 0 Å². The molecule has 0 fully saturated rings.